The molecule has 0 fully saturated rings. The monoisotopic (exact) mass is 264 g/mol. The molecule has 0 spiro atoms. The first-order chi connectivity index (χ1) is 8.81. The van der Waals surface area contributed by atoms with Crippen LogP contribution in [0.3, 0.4) is 0 Å². The van der Waals surface area contributed by atoms with Crippen molar-refractivity contribution in [3.63, 3.8) is 0 Å². The van der Waals surface area contributed by atoms with Crippen molar-refractivity contribution in [2.45, 2.75) is 32.2 Å². The normalized spacial score (nSPS) is 13.6. The van der Waals surface area contributed by atoms with Gasteiger partial charge >= 0.3 is 0 Å². The number of nitrogens with zero attached hydrogens (tertiary/aromatic N) is 5. The summed E-state index contributed by atoms with van der Waals surface area (Å²) in [6, 6.07) is 0. The molecule has 94 valence electrons. The summed E-state index contributed by atoms with van der Waals surface area (Å²) in [5.74, 6) is -0.0575. The Hall–Kier alpha value is -1.83. The van der Waals surface area contributed by atoms with E-state index in [4.69, 9.17) is 0 Å². The molecule has 2 aromatic heterocycles. The van der Waals surface area contributed by atoms with E-state index in [0.717, 1.165) is 18.5 Å². The van der Waals surface area contributed by atoms with E-state index in [9.17, 15) is 4.79 Å². The van der Waals surface area contributed by atoms with Gasteiger partial charge in [0.05, 0.1) is 12.2 Å². The second-order valence-corrected chi connectivity index (χ2v) is 5.20. The Balaban J connectivity index is 1.54. The Morgan fingerprint density at radius 2 is 2.44 bits per heavy atom. The fourth-order valence-electron chi connectivity index (χ4n) is 1.92. The van der Waals surface area contributed by atoms with E-state index in [1.165, 1.54) is 22.3 Å². The van der Waals surface area contributed by atoms with Crippen LogP contribution >= 0.6 is 11.3 Å². The quantitative estimate of drug-likeness (QED) is 0.876. The number of carbonyl (C=O) groups is 1. The highest BCUT2D eigenvalue weighted by Gasteiger charge is 2.17. The summed E-state index contributed by atoms with van der Waals surface area (Å²) in [4.78, 5) is 17.4. The lowest BCUT2D eigenvalue weighted by Gasteiger charge is -2.01. The standard InChI is InChI=1S/C10H12N6OS/c17-9(4-5-16-6-11-14-15-16)13-10-12-7-2-1-3-8(7)18-10/h6H,1-5H2,(H,12,13,17). The number of aryl methyl sites for hydroxylation is 3. The van der Waals surface area contributed by atoms with Crippen molar-refractivity contribution >= 4 is 22.4 Å². The Bertz CT molecular complexity index is 527. The van der Waals surface area contributed by atoms with Crippen LogP contribution in [0.1, 0.15) is 23.4 Å². The van der Waals surface area contributed by atoms with Crippen molar-refractivity contribution in [1.82, 2.24) is 25.2 Å². The maximum atomic E-state index is 11.7. The van der Waals surface area contributed by atoms with Crippen LogP contribution in [0.2, 0.25) is 0 Å². The maximum Gasteiger partial charge on any atom is 0.228 e. The number of fused-ring (bicyclic) bond motifs is 1. The van der Waals surface area contributed by atoms with Crippen LogP contribution in [0.4, 0.5) is 5.13 Å². The van der Waals surface area contributed by atoms with Crippen molar-refractivity contribution in [2.24, 2.45) is 0 Å². The van der Waals surface area contributed by atoms with Gasteiger partial charge in [-0.1, -0.05) is 0 Å². The minimum absolute atomic E-state index is 0.0575. The molecule has 0 saturated carbocycles. The van der Waals surface area contributed by atoms with Crippen molar-refractivity contribution in [3.05, 3.63) is 16.9 Å². The van der Waals surface area contributed by atoms with Gasteiger partial charge in [-0.05, 0) is 29.7 Å². The molecule has 0 unspecified atom stereocenters. The summed E-state index contributed by atoms with van der Waals surface area (Å²) in [7, 11) is 0. The third-order valence-corrected chi connectivity index (χ3v) is 3.87. The van der Waals surface area contributed by atoms with Gasteiger partial charge < -0.3 is 5.32 Å². The summed E-state index contributed by atoms with van der Waals surface area (Å²) in [5, 5.41) is 14.2. The Morgan fingerprint density at radius 1 is 1.50 bits per heavy atom. The third kappa shape index (κ3) is 2.37. The Morgan fingerprint density at radius 3 is 3.22 bits per heavy atom. The molecular weight excluding hydrogens is 252 g/mol. The zero-order valence-electron chi connectivity index (χ0n) is 9.67. The molecule has 8 heteroatoms. The topological polar surface area (TPSA) is 85.6 Å². The number of hydrogen-bond acceptors (Lipinski definition) is 6. The number of anilines is 1. The van der Waals surface area contributed by atoms with E-state index in [1.54, 1.807) is 11.3 Å². The van der Waals surface area contributed by atoms with Gasteiger partial charge in [-0.15, -0.1) is 16.4 Å². The van der Waals surface area contributed by atoms with Gasteiger partial charge in [0.25, 0.3) is 0 Å². The highest BCUT2D eigenvalue weighted by Crippen LogP contribution is 2.30. The second kappa shape index (κ2) is 4.81. The number of aromatic nitrogens is 5. The van der Waals surface area contributed by atoms with Crippen LogP contribution in [0.5, 0.6) is 0 Å². The molecule has 0 saturated heterocycles. The molecule has 18 heavy (non-hydrogen) atoms. The van der Waals surface area contributed by atoms with Crippen molar-refractivity contribution < 1.29 is 4.79 Å². The fourth-order valence-corrected chi connectivity index (χ4v) is 2.99. The van der Waals surface area contributed by atoms with Gasteiger partial charge in [0.2, 0.25) is 5.91 Å². The third-order valence-electron chi connectivity index (χ3n) is 2.80. The van der Waals surface area contributed by atoms with Crippen LogP contribution in [0.15, 0.2) is 6.33 Å². The fraction of sp³-hybridized carbons (Fsp3) is 0.500. The molecule has 2 heterocycles. The van der Waals surface area contributed by atoms with Crippen LogP contribution in [-0.4, -0.2) is 31.1 Å². The minimum atomic E-state index is -0.0575. The van der Waals surface area contributed by atoms with Gasteiger partial charge in [0.1, 0.15) is 6.33 Å². The summed E-state index contributed by atoms with van der Waals surface area (Å²) in [6.07, 6.45) is 5.14. The molecule has 0 atom stereocenters. The predicted molar refractivity (Wildman–Crippen MR) is 65.2 cm³/mol. The molecule has 1 amide bonds. The first-order valence-corrected chi connectivity index (χ1v) is 6.62. The molecule has 0 aromatic carbocycles. The molecule has 3 rings (SSSR count). The van der Waals surface area contributed by atoms with Crippen LogP contribution in [0, 0.1) is 0 Å². The highest BCUT2D eigenvalue weighted by molar-refractivity contribution is 7.15. The lowest BCUT2D eigenvalue weighted by molar-refractivity contribution is -0.116. The van der Waals surface area contributed by atoms with Gasteiger partial charge in [-0.3, -0.25) is 4.79 Å². The highest BCUT2D eigenvalue weighted by atomic mass is 32.1. The number of carbonyl (C=O) groups excluding carboxylic acids is 1. The van der Waals surface area contributed by atoms with Crippen molar-refractivity contribution in [1.29, 1.82) is 0 Å². The average molecular weight is 264 g/mol. The van der Waals surface area contributed by atoms with Crippen molar-refractivity contribution in [2.75, 3.05) is 5.32 Å². The van der Waals surface area contributed by atoms with E-state index in [0.29, 0.717) is 18.1 Å². The molecule has 2 aromatic rings. The first-order valence-electron chi connectivity index (χ1n) is 5.80. The zero-order chi connectivity index (χ0) is 12.4. The Labute approximate surface area is 107 Å². The van der Waals surface area contributed by atoms with Gasteiger partial charge in [0.15, 0.2) is 5.13 Å². The van der Waals surface area contributed by atoms with E-state index in [1.807, 2.05) is 0 Å². The minimum Gasteiger partial charge on any atom is -0.302 e. The summed E-state index contributed by atoms with van der Waals surface area (Å²) in [5.41, 5.74) is 1.15. The molecule has 1 N–H and O–H groups in total. The molecular formula is C10H12N6OS. The van der Waals surface area contributed by atoms with Crippen molar-refractivity contribution in [3.8, 4) is 0 Å². The lowest BCUT2D eigenvalue weighted by atomic mass is 10.4. The molecule has 0 bridgehead atoms. The molecule has 0 radical (unpaired) electrons. The molecule has 7 nitrogen and oxygen atoms in total. The number of nitrogens with one attached hydrogen (secondary N) is 1. The Kier molecular flexibility index (Phi) is 3.01. The number of rotatable bonds is 4. The zero-order valence-corrected chi connectivity index (χ0v) is 10.5. The predicted octanol–water partition coefficient (Wildman–Crippen LogP) is 0.647. The molecule has 1 aliphatic carbocycles. The largest absolute Gasteiger partial charge is 0.302 e. The maximum absolute atomic E-state index is 11.7. The van der Waals surface area contributed by atoms with E-state index in [-0.39, 0.29) is 5.91 Å². The van der Waals surface area contributed by atoms with Gasteiger partial charge in [-0.25, -0.2) is 9.67 Å². The van der Waals surface area contributed by atoms with Gasteiger partial charge in [0, 0.05) is 11.3 Å². The van der Waals surface area contributed by atoms with E-state index >= 15 is 0 Å². The second-order valence-electron chi connectivity index (χ2n) is 4.11. The van der Waals surface area contributed by atoms with E-state index in [2.05, 4.69) is 25.8 Å². The number of amides is 1. The number of tetrazole rings is 1. The summed E-state index contributed by atoms with van der Waals surface area (Å²) < 4.78 is 1.53. The molecule has 1 aliphatic rings. The SMILES string of the molecule is O=C(CCn1cnnn1)Nc1nc2c(s1)CCC2. The van der Waals surface area contributed by atoms with Crippen LogP contribution in [0.25, 0.3) is 0 Å². The average Bonchev–Trinajstić information content (AvgIpc) is 3.01. The van der Waals surface area contributed by atoms with E-state index < -0.39 is 0 Å². The lowest BCUT2D eigenvalue weighted by Crippen LogP contribution is -2.14. The van der Waals surface area contributed by atoms with Gasteiger partial charge in [-0.2, -0.15) is 0 Å². The van der Waals surface area contributed by atoms with Crippen LogP contribution < -0.4 is 5.32 Å². The summed E-state index contributed by atoms with van der Waals surface area (Å²) in [6.45, 7) is 0.476. The smallest absolute Gasteiger partial charge is 0.228 e. The number of hydrogen-bond donors (Lipinski definition) is 1. The first kappa shape index (κ1) is 11.3. The molecule has 0 aliphatic heterocycles. The van der Waals surface area contributed by atoms with Crippen LogP contribution in [-0.2, 0) is 24.2 Å². The summed E-state index contributed by atoms with van der Waals surface area (Å²) >= 11 is 1.58. The number of thiazole rings is 1.